The first-order valence-electron chi connectivity index (χ1n) is 6.71. The molecule has 0 spiro atoms. The lowest BCUT2D eigenvalue weighted by Gasteiger charge is -2.16. The first-order valence-corrected chi connectivity index (χ1v) is 6.71. The maximum Gasteiger partial charge on any atom is 0.362 e. The number of carbonyl (C=O) groups is 1. The molecular formula is C14H16N4O4. The molecule has 1 aromatic carbocycles. The topological polar surface area (TPSA) is 110 Å². The van der Waals surface area contributed by atoms with Crippen molar-refractivity contribution in [2.45, 2.75) is 19.4 Å². The molecule has 8 nitrogen and oxygen atoms in total. The van der Waals surface area contributed by atoms with Gasteiger partial charge in [-0.3, -0.25) is 20.0 Å². The van der Waals surface area contributed by atoms with Crippen LogP contribution in [0.25, 0.3) is 0 Å². The summed E-state index contributed by atoms with van der Waals surface area (Å²) >= 11 is 0. The molecule has 1 heterocycles. The van der Waals surface area contributed by atoms with Crippen LogP contribution in [0.4, 0.5) is 5.69 Å². The third-order valence-electron chi connectivity index (χ3n) is 3.23. The highest BCUT2D eigenvalue weighted by atomic mass is 16.6. The second-order valence-corrected chi connectivity index (χ2v) is 4.56. The summed E-state index contributed by atoms with van der Waals surface area (Å²) in [5.74, 6) is -0.818. The number of methoxy groups -OCH3 is 1. The van der Waals surface area contributed by atoms with Crippen LogP contribution in [-0.2, 0) is 0 Å². The Morgan fingerprint density at radius 3 is 2.68 bits per heavy atom. The number of ether oxygens (including phenoxy) is 1. The van der Waals surface area contributed by atoms with Crippen LogP contribution < -0.4 is 10.1 Å². The number of aromatic amines is 1. The van der Waals surface area contributed by atoms with E-state index < -0.39 is 16.5 Å². The maximum absolute atomic E-state index is 12.3. The number of H-pyrrole nitrogens is 1. The van der Waals surface area contributed by atoms with Crippen LogP contribution in [0.2, 0.25) is 0 Å². The second-order valence-electron chi connectivity index (χ2n) is 4.56. The average molecular weight is 304 g/mol. The van der Waals surface area contributed by atoms with Crippen LogP contribution >= 0.6 is 0 Å². The lowest BCUT2D eigenvalue weighted by atomic mass is 10.0. The molecule has 0 aliphatic rings. The van der Waals surface area contributed by atoms with Gasteiger partial charge in [-0.1, -0.05) is 37.3 Å². The normalized spacial score (nSPS) is 11.7. The molecule has 0 aliphatic heterocycles. The third kappa shape index (κ3) is 3.05. The molecule has 116 valence electrons. The Bertz CT molecular complexity index is 669. The van der Waals surface area contributed by atoms with Crippen LogP contribution in [0.1, 0.15) is 35.4 Å². The quantitative estimate of drug-likeness (QED) is 0.628. The molecule has 8 heteroatoms. The fourth-order valence-electron chi connectivity index (χ4n) is 2.13. The molecular weight excluding hydrogens is 288 g/mol. The number of nitro groups is 1. The molecule has 1 amide bonds. The Kier molecular flexibility index (Phi) is 4.72. The SMILES string of the molecule is CCC(NC(=O)c1[nH]nc(OC)c1[N+](=O)[O-])c1ccccc1. The molecule has 2 aromatic rings. The predicted octanol–water partition coefficient (Wildman–Crippen LogP) is 2.21. The number of amides is 1. The van der Waals surface area contributed by atoms with E-state index in [1.54, 1.807) is 0 Å². The number of carbonyl (C=O) groups excluding carboxylic acids is 1. The number of hydrogen-bond donors (Lipinski definition) is 2. The molecule has 0 radical (unpaired) electrons. The summed E-state index contributed by atoms with van der Waals surface area (Å²) in [4.78, 5) is 22.7. The van der Waals surface area contributed by atoms with Gasteiger partial charge in [0.2, 0.25) is 5.69 Å². The van der Waals surface area contributed by atoms with Gasteiger partial charge in [-0.15, -0.1) is 5.10 Å². The van der Waals surface area contributed by atoms with Gasteiger partial charge in [0.05, 0.1) is 18.1 Å². The highest BCUT2D eigenvalue weighted by Crippen LogP contribution is 2.28. The van der Waals surface area contributed by atoms with Crippen LogP contribution in [0, 0.1) is 10.1 Å². The Balaban J connectivity index is 2.25. The fourth-order valence-corrected chi connectivity index (χ4v) is 2.13. The summed E-state index contributed by atoms with van der Waals surface area (Å²) in [7, 11) is 1.25. The predicted molar refractivity (Wildman–Crippen MR) is 78.7 cm³/mol. The van der Waals surface area contributed by atoms with Crippen molar-refractivity contribution in [2.24, 2.45) is 0 Å². The van der Waals surface area contributed by atoms with Gasteiger partial charge in [-0.2, -0.15) is 0 Å². The van der Waals surface area contributed by atoms with Crippen molar-refractivity contribution in [2.75, 3.05) is 7.11 Å². The molecule has 2 N–H and O–H groups in total. The van der Waals surface area contributed by atoms with E-state index in [1.165, 1.54) is 7.11 Å². The van der Waals surface area contributed by atoms with Crippen molar-refractivity contribution in [3.05, 3.63) is 51.7 Å². The van der Waals surface area contributed by atoms with Gasteiger partial charge < -0.3 is 10.1 Å². The van der Waals surface area contributed by atoms with Gasteiger partial charge in [-0.05, 0) is 12.0 Å². The molecule has 0 bridgehead atoms. The van der Waals surface area contributed by atoms with Gasteiger partial charge in [0.15, 0.2) is 0 Å². The zero-order valence-corrected chi connectivity index (χ0v) is 12.2. The van der Waals surface area contributed by atoms with E-state index in [1.807, 2.05) is 37.3 Å². The fraction of sp³-hybridized carbons (Fsp3) is 0.286. The van der Waals surface area contributed by atoms with E-state index in [0.717, 1.165) is 5.56 Å². The number of hydrogen-bond acceptors (Lipinski definition) is 5. The minimum atomic E-state index is -0.694. The van der Waals surface area contributed by atoms with Gasteiger partial charge >= 0.3 is 11.6 Å². The lowest BCUT2D eigenvalue weighted by molar-refractivity contribution is -0.386. The van der Waals surface area contributed by atoms with Gasteiger partial charge in [-0.25, -0.2) is 0 Å². The van der Waals surface area contributed by atoms with E-state index in [0.29, 0.717) is 6.42 Å². The summed E-state index contributed by atoms with van der Waals surface area (Å²) in [6, 6.07) is 9.13. The average Bonchev–Trinajstić information content (AvgIpc) is 2.97. The Morgan fingerprint density at radius 1 is 1.45 bits per heavy atom. The van der Waals surface area contributed by atoms with Crippen molar-refractivity contribution in [3.8, 4) is 5.88 Å². The van der Waals surface area contributed by atoms with E-state index >= 15 is 0 Å². The summed E-state index contributed by atoms with van der Waals surface area (Å²) in [5.41, 5.74) is 0.228. The van der Waals surface area contributed by atoms with Crippen LogP contribution in [-0.4, -0.2) is 28.1 Å². The van der Waals surface area contributed by atoms with Crippen molar-refractivity contribution in [3.63, 3.8) is 0 Å². The molecule has 1 aromatic heterocycles. The Hall–Kier alpha value is -2.90. The zero-order valence-electron chi connectivity index (χ0n) is 12.2. The molecule has 0 saturated heterocycles. The molecule has 1 atom stereocenters. The standard InChI is InChI=1S/C14H16N4O4/c1-3-10(9-7-5-4-6-8-9)15-13(19)11-12(18(20)21)14(22-2)17-16-11/h4-8,10H,3H2,1-2H3,(H,15,19)(H,16,17). The van der Waals surface area contributed by atoms with Crippen molar-refractivity contribution >= 4 is 11.6 Å². The second kappa shape index (κ2) is 6.70. The van der Waals surface area contributed by atoms with Crippen LogP contribution in [0.3, 0.4) is 0 Å². The number of aromatic nitrogens is 2. The van der Waals surface area contributed by atoms with E-state index in [9.17, 15) is 14.9 Å². The smallest absolute Gasteiger partial charge is 0.362 e. The molecule has 2 rings (SSSR count). The third-order valence-corrected chi connectivity index (χ3v) is 3.23. The van der Waals surface area contributed by atoms with Crippen LogP contribution in [0.15, 0.2) is 30.3 Å². The number of nitrogens with one attached hydrogen (secondary N) is 2. The summed E-state index contributed by atoms with van der Waals surface area (Å²) in [6.45, 7) is 1.92. The first-order chi connectivity index (χ1) is 10.6. The van der Waals surface area contributed by atoms with E-state index in [4.69, 9.17) is 4.74 Å². The van der Waals surface area contributed by atoms with Gasteiger partial charge in [0.25, 0.3) is 5.91 Å². The molecule has 22 heavy (non-hydrogen) atoms. The van der Waals surface area contributed by atoms with Crippen molar-refractivity contribution < 1.29 is 14.5 Å². The summed E-state index contributed by atoms with van der Waals surface area (Å²) < 4.78 is 4.79. The van der Waals surface area contributed by atoms with E-state index in [-0.39, 0.29) is 17.6 Å². The van der Waals surface area contributed by atoms with Gasteiger partial charge in [0.1, 0.15) is 0 Å². The largest absolute Gasteiger partial charge is 0.475 e. The first kappa shape index (κ1) is 15.5. The number of nitrogens with zero attached hydrogens (tertiary/aromatic N) is 2. The van der Waals surface area contributed by atoms with Gasteiger partial charge in [0, 0.05) is 0 Å². The Labute approximate surface area is 126 Å². The van der Waals surface area contributed by atoms with E-state index in [2.05, 4.69) is 15.5 Å². The summed E-state index contributed by atoms with van der Waals surface area (Å²) in [5, 5.41) is 19.8. The van der Waals surface area contributed by atoms with Crippen molar-refractivity contribution in [1.29, 1.82) is 0 Å². The minimum Gasteiger partial charge on any atom is -0.475 e. The summed E-state index contributed by atoms with van der Waals surface area (Å²) in [6.07, 6.45) is 0.648. The number of rotatable bonds is 6. The van der Waals surface area contributed by atoms with Crippen LogP contribution in [0.5, 0.6) is 5.88 Å². The molecule has 1 unspecified atom stereocenters. The molecule has 0 fully saturated rings. The Morgan fingerprint density at radius 2 is 2.14 bits per heavy atom. The zero-order chi connectivity index (χ0) is 16.1. The highest BCUT2D eigenvalue weighted by molar-refractivity contribution is 5.97. The molecule has 0 aliphatic carbocycles. The highest BCUT2D eigenvalue weighted by Gasteiger charge is 2.30. The lowest BCUT2D eigenvalue weighted by Crippen LogP contribution is -2.29. The minimum absolute atomic E-state index is 0.220. The number of benzene rings is 1. The maximum atomic E-state index is 12.3. The van der Waals surface area contributed by atoms with Crippen molar-refractivity contribution in [1.82, 2.24) is 15.5 Å². The monoisotopic (exact) mass is 304 g/mol. The molecule has 0 saturated carbocycles.